The smallest absolute Gasteiger partial charge is 0.359 e. The normalized spacial score (nSPS) is 27.8. The maximum atomic E-state index is 12.7. The Labute approximate surface area is 181 Å². The van der Waals surface area contributed by atoms with E-state index in [4.69, 9.17) is 15.0 Å². The van der Waals surface area contributed by atoms with Gasteiger partial charge in [0.15, 0.2) is 11.6 Å². The summed E-state index contributed by atoms with van der Waals surface area (Å²) in [6.07, 6.45) is -4.44. The first-order valence-electron chi connectivity index (χ1n) is 9.02. The van der Waals surface area contributed by atoms with Crippen molar-refractivity contribution in [2.75, 3.05) is 5.73 Å². The molecule has 0 aromatic carbocycles. The Hall–Kier alpha value is -0.600. The van der Waals surface area contributed by atoms with E-state index in [1.807, 2.05) is 22.6 Å². The highest BCUT2D eigenvalue weighted by Gasteiger charge is 2.56. The molecule has 0 amide bonds. The second-order valence-electron chi connectivity index (χ2n) is 7.50. The number of rotatable bonds is 7. The average molecular weight is 547 g/mol. The number of nitrogens with zero attached hydrogens (tertiary/aromatic N) is 2. The number of ether oxygens (including phenoxy) is 1. The third kappa shape index (κ3) is 4.54. The molecule has 0 radical (unpaired) electrons. The van der Waals surface area contributed by atoms with E-state index in [-0.39, 0.29) is 18.7 Å². The molecule has 6 N–H and O–H groups in total. The predicted molar refractivity (Wildman–Crippen MR) is 112 cm³/mol. The summed E-state index contributed by atoms with van der Waals surface area (Å²) in [5.74, 6) is 0.0136. The van der Waals surface area contributed by atoms with Gasteiger partial charge in [-0.3, -0.25) is 13.7 Å². The van der Waals surface area contributed by atoms with Crippen molar-refractivity contribution in [1.29, 1.82) is 0 Å². The van der Waals surface area contributed by atoms with Crippen molar-refractivity contribution in [3.05, 3.63) is 20.3 Å². The first kappa shape index (κ1) is 24.7. The van der Waals surface area contributed by atoms with Crippen molar-refractivity contribution >= 4 is 36.0 Å². The Morgan fingerprint density at radius 1 is 1.34 bits per heavy atom. The molecule has 1 aliphatic heterocycles. The first-order valence-corrected chi connectivity index (χ1v) is 11.7. The number of aliphatic hydroxyl groups excluding tert-OH is 2. The highest BCUT2D eigenvalue weighted by atomic mass is 127. The Morgan fingerprint density at radius 2 is 1.90 bits per heavy atom. The number of aromatic nitrogens is 2. The zero-order valence-corrected chi connectivity index (χ0v) is 19.6. The molecule has 1 fully saturated rings. The van der Waals surface area contributed by atoms with Gasteiger partial charge in [-0.15, -0.1) is 0 Å². The summed E-state index contributed by atoms with van der Waals surface area (Å²) < 4.78 is 25.2. The minimum atomic E-state index is -4.57. The standard InChI is InChI=1S/C16H27IN3O8P/c1-5-16(24,6-2)29(25,26)28-15(3,4)11-9(21)10(22)13(27-11)20-7-8(17)12(18)19-14(20)23/h7,9-11,13,21-22,24H,5-6H2,1-4H3,(H,25,26)(H2,18,19,23)/t9-,10+,11-,13?/m0/s1. The van der Waals surface area contributed by atoms with Crippen LogP contribution >= 0.6 is 30.2 Å². The van der Waals surface area contributed by atoms with Gasteiger partial charge in [0, 0.05) is 6.20 Å². The van der Waals surface area contributed by atoms with Crippen LogP contribution in [0.15, 0.2) is 11.0 Å². The molecule has 1 aliphatic rings. The minimum Gasteiger partial charge on any atom is -0.387 e. The molecule has 0 aliphatic carbocycles. The van der Waals surface area contributed by atoms with Gasteiger partial charge in [-0.1, -0.05) is 13.8 Å². The predicted octanol–water partition coefficient (Wildman–Crippen LogP) is 0.538. The lowest BCUT2D eigenvalue weighted by Crippen LogP contribution is -2.47. The van der Waals surface area contributed by atoms with Gasteiger partial charge in [0.1, 0.15) is 29.7 Å². The molecular weight excluding hydrogens is 520 g/mol. The van der Waals surface area contributed by atoms with E-state index in [2.05, 4.69) is 4.98 Å². The summed E-state index contributed by atoms with van der Waals surface area (Å²) >= 11 is 1.85. The molecule has 13 heteroatoms. The molecule has 1 aromatic rings. The maximum Gasteiger partial charge on any atom is 0.359 e. The van der Waals surface area contributed by atoms with Crippen molar-refractivity contribution in [3.8, 4) is 0 Å². The topological polar surface area (TPSA) is 177 Å². The molecule has 0 spiro atoms. The van der Waals surface area contributed by atoms with Gasteiger partial charge in [-0.25, -0.2) is 4.79 Å². The lowest BCUT2D eigenvalue weighted by molar-refractivity contribution is -0.120. The van der Waals surface area contributed by atoms with E-state index in [0.717, 1.165) is 4.57 Å². The number of hydrogen-bond donors (Lipinski definition) is 5. The second-order valence-corrected chi connectivity index (χ2v) is 10.7. The molecule has 2 heterocycles. The number of aliphatic hydroxyl groups is 3. The van der Waals surface area contributed by atoms with E-state index in [1.54, 1.807) is 13.8 Å². The maximum absolute atomic E-state index is 12.7. The van der Waals surface area contributed by atoms with Crippen LogP contribution in [0.4, 0.5) is 5.82 Å². The molecule has 5 atom stereocenters. The molecule has 11 nitrogen and oxygen atoms in total. The lowest BCUT2D eigenvalue weighted by atomic mass is 9.96. The van der Waals surface area contributed by atoms with Crippen molar-refractivity contribution < 1.29 is 34.0 Å². The van der Waals surface area contributed by atoms with Crippen molar-refractivity contribution in [1.82, 2.24) is 9.55 Å². The molecule has 166 valence electrons. The Morgan fingerprint density at radius 3 is 2.41 bits per heavy atom. The second kappa shape index (κ2) is 8.50. The highest BCUT2D eigenvalue weighted by molar-refractivity contribution is 14.1. The quantitative estimate of drug-likeness (QED) is 0.239. The summed E-state index contributed by atoms with van der Waals surface area (Å²) in [6.45, 7) is 5.87. The summed E-state index contributed by atoms with van der Waals surface area (Å²) in [5.41, 5.74) is 3.20. The fraction of sp³-hybridized carbons (Fsp3) is 0.750. The third-order valence-electron chi connectivity index (χ3n) is 5.15. The number of nitrogens with two attached hydrogens (primary N) is 1. The molecule has 0 saturated carbocycles. The molecule has 1 saturated heterocycles. The lowest BCUT2D eigenvalue weighted by Gasteiger charge is -2.39. The fourth-order valence-electron chi connectivity index (χ4n) is 3.21. The van der Waals surface area contributed by atoms with Gasteiger partial charge < -0.3 is 30.7 Å². The first-order chi connectivity index (χ1) is 13.2. The van der Waals surface area contributed by atoms with Crippen LogP contribution in [0.5, 0.6) is 0 Å². The zero-order chi connectivity index (χ0) is 22.4. The molecule has 2 unspecified atom stereocenters. The van der Waals surface area contributed by atoms with Crippen LogP contribution in [0.1, 0.15) is 46.8 Å². The van der Waals surface area contributed by atoms with Gasteiger partial charge in [0.2, 0.25) is 0 Å². The number of nitrogen functional groups attached to an aromatic ring is 1. The zero-order valence-electron chi connectivity index (χ0n) is 16.5. The van der Waals surface area contributed by atoms with Gasteiger partial charge >= 0.3 is 13.3 Å². The Balaban J connectivity index is 2.35. The summed E-state index contributed by atoms with van der Waals surface area (Å²) in [7, 11) is -4.57. The van der Waals surface area contributed by atoms with Gasteiger partial charge in [-0.05, 0) is 49.3 Å². The fourth-order valence-corrected chi connectivity index (χ4v) is 5.34. The van der Waals surface area contributed by atoms with Crippen molar-refractivity contribution in [2.45, 2.75) is 76.0 Å². The van der Waals surface area contributed by atoms with Crippen LogP contribution in [0.2, 0.25) is 0 Å². The van der Waals surface area contributed by atoms with E-state index in [0.29, 0.717) is 3.57 Å². The van der Waals surface area contributed by atoms with E-state index >= 15 is 0 Å². The van der Waals surface area contributed by atoms with Crippen LogP contribution in [0, 0.1) is 3.57 Å². The molecule has 29 heavy (non-hydrogen) atoms. The number of hydrogen-bond acceptors (Lipinski definition) is 9. The SMILES string of the molecule is CCC(O)(CC)P(=O)(O)OC(C)(C)[C@H]1OC(n2cc(I)c(N)nc2=O)[C@H](O)[C@@H]1O. The van der Waals surface area contributed by atoms with Crippen molar-refractivity contribution in [2.24, 2.45) is 0 Å². The summed E-state index contributed by atoms with van der Waals surface area (Å²) in [5, 5.41) is 29.4. The van der Waals surface area contributed by atoms with Gasteiger partial charge in [0.25, 0.3) is 0 Å². The highest BCUT2D eigenvalue weighted by Crippen LogP contribution is 2.60. The average Bonchev–Trinajstić information content (AvgIpc) is 2.92. The van der Waals surface area contributed by atoms with Crippen LogP contribution in [0.25, 0.3) is 0 Å². The molecule has 1 aromatic heterocycles. The molecule has 2 rings (SSSR count). The van der Waals surface area contributed by atoms with E-state index < -0.39 is 48.8 Å². The van der Waals surface area contributed by atoms with Crippen LogP contribution in [-0.4, -0.2) is 59.0 Å². The Bertz CT molecular complexity index is 859. The van der Waals surface area contributed by atoms with Crippen molar-refractivity contribution in [3.63, 3.8) is 0 Å². The monoisotopic (exact) mass is 547 g/mol. The third-order valence-corrected chi connectivity index (χ3v) is 8.38. The number of anilines is 1. The van der Waals surface area contributed by atoms with E-state index in [1.165, 1.54) is 20.0 Å². The minimum absolute atomic E-state index is 0.0136. The van der Waals surface area contributed by atoms with Crippen LogP contribution in [0.3, 0.4) is 0 Å². The van der Waals surface area contributed by atoms with Gasteiger partial charge in [-0.2, -0.15) is 4.98 Å². The van der Waals surface area contributed by atoms with Crippen LogP contribution in [-0.2, 0) is 13.8 Å². The van der Waals surface area contributed by atoms with Gasteiger partial charge in [0.05, 0.1) is 3.57 Å². The molecular formula is C16H27IN3O8P. The van der Waals surface area contributed by atoms with Crippen LogP contribution < -0.4 is 11.4 Å². The van der Waals surface area contributed by atoms with E-state index in [9.17, 15) is 29.6 Å². The largest absolute Gasteiger partial charge is 0.387 e. The molecule has 0 bridgehead atoms. The Kier molecular flexibility index (Phi) is 7.23. The summed E-state index contributed by atoms with van der Waals surface area (Å²) in [6, 6.07) is 0. The summed E-state index contributed by atoms with van der Waals surface area (Å²) in [4.78, 5) is 26.2. The number of halogens is 1.